The van der Waals surface area contributed by atoms with E-state index in [2.05, 4.69) is 5.10 Å². The van der Waals surface area contributed by atoms with Crippen LogP contribution < -0.4 is 5.73 Å². The van der Waals surface area contributed by atoms with E-state index in [1.807, 2.05) is 43.5 Å². The first kappa shape index (κ1) is 14.3. The number of nitrogens with two attached hydrogens (primary N) is 1. The minimum absolute atomic E-state index is 0.0973. The van der Waals surface area contributed by atoms with Crippen molar-refractivity contribution in [1.82, 2.24) is 9.78 Å². The highest BCUT2D eigenvalue weighted by Gasteiger charge is 2.22. The van der Waals surface area contributed by atoms with Gasteiger partial charge in [-0.15, -0.1) is 0 Å². The third-order valence-electron chi connectivity index (χ3n) is 3.30. The van der Waals surface area contributed by atoms with Gasteiger partial charge in [-0.05, 0) is 24.6 Å². The predicted octanol–water partition coefficient (Wildman–Crippen LogP) is 1.87. The summed E-state index contributed by atoms with van der Waals surface area (Å²) < 4.78 is 6.50. The van der Waals surface area contributed by atoms with Gasteiger partial charge in [-0.3, -0.25) is 4.79 Å². The van der Waals surface area contributed by atoms with E-state index in [1.165, 1.54) is 7.11 Å². The number of para-hydroxylation sites is 1. The number of methoxy groups -OCH3 is 1. The average Bonchev–Trinajstić information content (AvgIpc) is 2.94. The van der Waals surface area contributed by atoms with Crippen molar-refractivity contribution in [2.45, 2.75) is 25.3 Å². The van der Waals surface area contributed by atoms with E-state index >= 15 is 0 Å². The summed E-state index contributed by atoms with van der Waals surface area (Å²) in [4.78, 5) is 11.5. The van der Waals surface area contributed by atoms with Crippen molar-refractivity contribution in [2.24, 2.45) is 5.73 Å². The number of nitrogens with zero attached hydrogens (tertiary/aromatic N) is 2. The van der Waals surface area contributed by atoms with Crippen molar-refractivity contribution in [3.8, 4) is 5.69 Å². The van der Waals surface area contributed by atoms with Gasteiger partial charge in [-0.2, -0.15) is 5.10 Å². The van der Waals surface area contributed by atoms with Crippen LogP contribution in [0.2, 0.25) is 0 Å². The maximum atomic E-state index is 11.5. The SMILES string of the molecule is COC(=O)CC(c1cnn(-c2ccccc2)c1)C(C)N. The molecule has 1 aromatic carbocycles. The van der Waals surface area contributed by atoms with Crippen molar-refractivity contribution in [3.05, 3.63) is 48.3 Å². The molecular weight excluding hydrogens is 254 g/mol. The Kier molecular flexibility index (Phi) is 4.53. The Balaban J connectivity index is 2.23. The highest BCUT2D eigenvalue weighted by Crippen LogP contribution is 2.23. The van der Waals surface area contributed by atoms with E-state index in [0.29, 0.717) is 0 Å². The Morgan fingerprint density at radius 1 is 1.40 bits per heavy atom. The van der Waals surface area contributed by atoms with Gasteiger partial charge >= 0.3 is 5.97 Å². The lowest BCUT2D eigenvalue weighted by Gasteiger charge is -2.17. The van der Waals surface area contributed by atoms with Crippen LogP contribution in [0.4, 0.5) is 0 Å². The summed E-state index contributed by atoms with van der Waals surface area (Å²) in [5.41, 5.74) is 7.89. The van der Waals surface area contributed by atoms with Crippen molar-refractivity contribution in [2.75, 3.05) is 7.11 Å². The summed E-state index contributed by atoms with van der Waals surface area (Å²) in [5.74, 6) is -0.361. The van der Waals surface area contributed by atoms with Gasteiger partial charge in [0.25, 0.3) is 0 Å². The smallest absolute Gasteiger partial charge is 0.306 e. The van der Waals surface area contributed by atoms with Gasteiger partial charge < -0.3 is 10.5 Å². The van der Waals surface area contributed by atoms with Crippen LogP contribution in [0.3, 0.4) is 0 Å². The Hall–Kier alpha value is -2.14. The molecule has 0 radical (unpaired) electrons. The van der Waals surface area contributed by atoms with Gasteiger partial charge in [0.05, 0.1) is 25.4 Å². The van der Waals surface area contributed by atoms with Gasteiger partial charge in [0.2, 0.25) is 0 Å². The first-order chi connectivity index (χ1) is 9.61. The Bertz CT molecular complexity index is 564. The van der Waals surface area contributed by atoms with Crippen molar-refractivity contribution < 1.29 is 9.53 Å². The third-order valence-corrected chi connectivity index (χ3v) is 3.30. The lowest BCUT2D eigenvalue weighted by Crippen LogP contribution is -2.27. The Morgan fingerprint density at radius 3 is 2.70 bits per heavy atom. The molecule has 0 aliphatic rings. The zero-order valence-electron chi connectivity index (χ0n) is 11.7. The number of aromatic nitrogens is 2. The van der Waals surface area contributed by atoms with Gasteiger partial charge in [0.15, 0.2) is 0 Å². The lowest BCUT2D eigenvalue weighted by molar-refractivity contribution is -0.141. The molecule has 2 rings (SSSR count). The second-order valence-corrected chi connectivity index (χ2v) is 4.80. The number of rotatable bonds is 5. The first-order valence-electron chi connectivity index (χ1n) is 6.54. The molecule has 0 bridgehead atoms. The quantitative estimate of drug-likeness (QED) is 0.844. The molecule has 5 nitrogen and oxygen atoms in total. The second-order valence-electron chi connectivity index (χ2n) is 4.80. The van der Waals surface area contributed by atoms with Crippen LogP contribution in [0.1, 0.15) is 24.8 Å². The highest BCUT2D eigenvalue weighted by molar-refractivity contribution is 5.70. The molecule has 2 unspecified atom stereocenters. The molecule has 0 amide bonds. The number of benzene rings is 1. The van der Waals surface area contributed by atoms with Crippen molar-refractivity contribution >= 4 is 5.97 Å². The molecule has 0 spiro atoms. The molecule has 0 aliphatic heterocycles. The summed E-state index contributed by atoms with van der Waals surface area (Å²) in [5, 5.41) is 4.33. The number of ether oxygens (including phenoxy) is 1. The molecule has 2 atom stereocenters. The lowest BCUT2D eigenvalue weighted by atomic mass is 9.92. The van der Waals surface area contributed by atoms with E-state index in [-0.39, 0.29) is 24.3 Å². The maximum Gasteiger partial charge on any atom is 0.306 e. The molecular formula is C15H19N3O2. The third kappa shape index (κ3) is 3.24. The van der Waals surface area contributed by atoms with E-state index in [1.54, 1.807) is 10.9 Å². The predicted molar refractivity (Wildman–Crippen MR) is 76.6 cm³/mol. The molecule has 0 aliphatic carbocycles. The number of hydrogen-bond acceptors (Lipinski definition) is 4. The largest absolute Gasteiger partial charge is 0.469 e. The molecule has 0 saturated carbocycles. The van der Waals surface area contributed by atoms with Crippen LogP contribution in [0.5, 0.6) is 0 Å². The standard InChI is InChI=1S/C15H19N3O2/c1-11(16)14(8-15(19)20-2)12-9-17-18(10-12)13-6-4-3-5-7-13/h3-7,9-11,14H,8,16H2,1-2H3. The molecule has 2 N–H and O–H groups in total. The molecule has 0 saturated heterocycles. The normalized spacial score (nSPS) is 13.8. The molecule has 5 heteroatoms. The van der Waals surface area contributed by atoms with Crippen LogP contribution >= 0.6 is 0 Å². The average molecular weight is 273 g/mol. The molecule has 0 fully saturated rings. The number of hydrogen-bond donors (Lipinski definition) is 1. The highest BCUT2D eigenvalue weighted by atomic mass is 16.5. The van der Waals surface area contributed by atoms with Crippen LogP contribution in [-0.2, 0) is 9.53 Å². The van der Waals surface area contributed by atoms with Crippen LogP contribution in [-0.4, -0.2) is 28.9 Å². The zero-order chi connectivity index (χ0) is 14.5. The van der Waals surface area contributed by atoms with Gasteiger partial charge in [0, 0.05) is 18.2 Å². The molecule has 106 valence electrons. The summed E-state index contributed by atoms with van der Waals surface area (Å²) in [7, 11) is 1.38. The first-order valence-corrected chi connectivity index (χ1v) is 6.54. The summed E-state index contributed by atoms with van der Waals surface area (Å²) in [6, 6.07) is 9.65. The van der Waals surface area contributed by atoms with Crippen molar-refractivity contribution in [3.63, 3.8) is 0 Å². The summed E-state index contributed by atoms with van der Waals surface area (Å²) in [6.07, 6.45) is 3.92. The fourth-order valence-corrected chi connectivity index (χ4v) is 2.12. The molecule has 2 aromatic rings. The monoisotopic (exact) mass is 273 g/mol. The van der Waals surface area contributed by atoms with Crippen LogP contribution in [0.15, 0.2) is 42.7 Å². The van der Waals surface area contributed by atoms with Crippen LogP contribution in [0.25, 0.3) is 5.69 Å². The van der Waals surface area contributed by atoms with Crippen molar-refractivity contribution in [1.29, 1.82) is 0 Å². The fourth-order valence-electron chi connectivity index (χ4n) is 2.12. The summed E-state index contributed by atoms with van der Waals surface area (Å²) >= 11 is 0. The fraction of sp³-hybridized carbons (Fsp3) is 0.333. The Morgan fingerprint density at radius 2 is 2.10 bits per heavy atom. The van der Waals surface area contributed by atoms with E-state index in [9.17, 15) is 4.79 Å². The Labute approximate surface area is 118 Å². The minimum atomic E-state index is -0.264. The van der Waals surface area contributed by atoms with Crippen LogP contribution in [0, 0.1) is 0 Å². The zero-order valence-corrected chi connectivity index (χ0v) is 11.7. The number of carbonyl (C=O) groups is 1. The summed E-state index contributed by atoms with van der Waals surface area (Å²) in [6.45, 7) is 1.88. The number of carbonyl (C=O) groups excluding carboxylic acids is 1. The minimum Gasteiger partial charge on any atom is -0.469 e. The maximum absolute atomic E-state index is 11.5. The van der Waals surface area contributed by atoms with E-state index < -0.39 is 0 Å². The molecule has 20 heavy (non-hydrogen) atoms. The van der Waals surface area contributed by atoms with Gasteiger partial charge in [-0.1, -0.05) is 18.2 Å². The van der Waals surface area contributed by atoms with E-state index in [0.717, 1.165) is 11.3 Å². The number of esters is 1. The van der Waals surface area contributed by atoms with Gasteiger partial charge in [-0.25, -0.2) is 4.68 Å². The molecule has 1 aromatic heterocycles. The van der Waals surface area contributed by atoms with E-state index in [4.69, 9.17) is 10.5 Å². The molecule has 1 heterocycles. The second kappa shape index (κ2) is 6.34. The topological polar surface area (TPSA) is 70.1 Å². The van der Waals surface area contributed by atoms with Gasteiger partial charge in [0.1, 0.15) is 0 Å².